The van der Waals surface area contributed by atoms with Gasteiger partial charge < -0.3 is 15.2 Å². The predicted molar refractivity (Wildman–Crippen MR) is 103 cm³/mol. The summed E-state index contributed by atoms with van der Waals surface area (Å²) in [7, 11) is 0. The predicted octanol–water partition coefficient (Wildman–Crippen LogP) is 3.24. The zero-order chi connectivity index (χ0) is 18.8. The number of thiophene rings is 1. The number of hydrogen-bond donors (Lipinski definition) is 2. The van der Waals surface area contributed by atoms with Crippen molar-refractivity contribution < 1.29 is 19.4 Å². The molecular formula is C20H22N2O4S. The maximum atomic E-state index is 13.0. The molecule has 5 rings (SSSR count). The van der Waals surface area contributed by atoms with Crippen molar-refractivity contribution in [1.82, 2.24) is 4.90 Å². The summed E-state index contributed by atoms with van der Waals surface area (Å²) in [6.07, 6.45) is 2.10. The van der Waals surface area contributed by atoms with Crippen molar-refractivity contribution in [2.24, 2.45) is 5.92 Å². The van der Waals surface area contributed by atoms with Gasteiger partial charge in [-0.3, -0.25) is 4.90 Å². The van der Waals surface area contributed by atoms with E-state index >= 15 is 0 Å². The number of nitrogens with zero attached hydrogens (tertiary/aromatic N) is 1. The molecule has 2 N–H and O–H groups in total. The highest BCUT2D eigenvalue weighted by Crippen LogP contribution is 2.31. The van der Waals surface area contributed by atoms with Gasteiger partial charge in [0.15, 0.2) is 6.04 Å². The molecule has 1 aromatic carbocycles. The zero-order valence-corrected chi connectivity index (χ0v) is 15.7. The molecule has 3 aliphatic rings. The molecule has 7 heteroatoms. The first-order valence-corrected chi connectivity index (χ1v) is 10.1. The normalized spacial score (nSPS) is 25.0. The number of nitrogens with one attached hydrogen (secondary N) is 1. The molecule has 142 valence electrons. The van der Waals surface area contributed by atoms with Crippen LogP contribution in [-0.2, 0) is 9.53 Å². The number of carboxylic acids is 1. The van der Waals surface area contributed by atoms with Crippen LogP contribution >= 0.6 is 11.3 Å². The Labute approximate surface area is 161 Å². The number of piperidine rings is 3. The van der Waals surface area contributed by atoms with Gasteiger partial charge >= 0.3 is 11.9 Å². The topological polar surface area (TPSA) is 78.9 Å². The first-order chi connectivity index (χ1) is 13.1. The molecule has 2 atom stereocenters. The molecule has 0 aliphatic carbocycles. The lowest BCUT2D eigenvalue weighted by molar-refractivity contribution is -0.159. The Kier molecular flexibility index (Phi) is 5.13. The number of esters is 1. The van der Waals surface area contributed by atoms with E-state index in [1.807, 2.05) is 16.8 Å². The fraction of sp³-hybridized carbons (Fsp3) is 0.400. The highest BCUT2D eigenvalue weighted by atomic mass is 32.1. The van der Waals surface area contributed by atoms with Crippen LogP contribution < -0.4 is 5.32 Å². The standard InChI is InChI=1S/C20H22N2O4S/c23-19(24)14-2-1-3-16(10-14)21-18(15-6-9-27-12-15)20(25)26-17-11-22-7-4-13(17)5-8-22/h1-3,6,9-10,12-13,17-18,21H,4-5,7-8,11H2,(H,23,24)/t17-,18?/m0/s1. The fourth-order valence-corrected chi connectivity index (χ4v) is 4.57. The van der Waals surface area contributed by atoms with E-state index in [9.17, 15) is 14.7 Å². The summed E-state index contributed by atoms with van der Waals surface area (Å²) in [6.45, 7) is 2.99. The van der Waals surface area contributed by atoms with Gasteiger partial charge in [0.2, 0.25) is 0 Å². The molecular weight excluding hydrogens is 364 g/mol. The summed E-state index contributed by atoms with van der Waals surface area (Å²) in [5.74, 6) is -0.870. The molecule has 0 radical (unpaired) electrons. The summed E-state index contributed by atoms with van der Waals surface area (Å²) in [4.78, 5) is 26.6. The molecule has 2 bridgehead atoms. The molecule has 4 heterocycles. The number of carbonyl (C=O) groups is 2. The molecule has 0 spiro atoms. The molecule has 0 amide bonds. The number of rotatable bonds is 6. The minimum atomic E-state index is -0.999. The summed E-state index contributed by atoms with van der Waals surface area (Å²) >= 11 is 1.51. The maximum absolute atomic E-state index is 13.0. The Morgan fingerprint density at radius 1 is 1.26 bits per heavy atom. The highest BCUT2D eigenvalue weighted by molar-refractivity contribution is 7.08. The van der Waals surface area contributed by atoms with Gasteiger partial charge in [0.25, 0.3) is 0 Å². The first kappa shape index (κ1) is 18.0. The number of anilines is 1. The largest absolute Gasteiger partial charge is 0.478 e. The molecule has 2 aromatic rings. The van der Waals surface area contributed by atoms with Crippen LogP contribution in [0.1, 0.15) is 34.8 Å². The van der Waals surface area contributed by atoms with Gasteiger partial charge in [-0.05, 0) is 72.4 Å². The Morgan fingerprint density at radius 2 is 2.07 bits per heavy atom. The van der Waals surface area contributed by atoms with Crippen molar-refractivity contribution in [2.45, 2.75) is 25.0 Å². The third-order valence-electron chi connectivity index (χ3n) is 5.40. The molecule has 3 fully saturated rings. The number of carbonyl (C=O) groups excluding carboxylic acids is 1. The maximum Gasteiger partial charge on any atom is 0.335 e. The van der Waals surface area contributed by atoms with Crippen LogP contribution in [0.3, 0.4) is 0 Å². The van der Waals surface area contributed by atoms with Crippen molar-refractivity contribution in [3.05, 3.63) is 52.2 Å². The van der Waals surface area contributed by atoms with Gasteiger partial charge in [0, 0.05) is 12.2 Å². The van der Waals surface area contributed by atoms with E-state index in [1.54, 1.807) is 12.1 Å². The van der Waals surface area contributed by atoms with Crippen molar-refractivity contribution >= 4 is 29.0 Å². The van der Waals surface area contributed by atoms with E-state index in [-0.39, 0.29) is 17.6 Å². The molecule has 1 aromatic heterocycles. The summed E-state index contributed by atoms with van der Waals surface area (Å²) in [5, 5.41) is 16.2. The van der Waals surface area contributed by atoms with E-state index in [0.29, 0.717) is 11.6 Å². The molecule has 27 heavy (non-hydrogen) atoms. The smallest absolute Gasteiger partial charge is 0.335 e. The quantitative estimate of drug-likeness (QED) is 0.742. The lowest BCUT2D eigenvalue weighted by Gasteiger charge is -2.44. The van der Waals surface area contributed by atoms with Gasteiger partial charge in [-0.2, -0.15) is 11.3 Å². The SMILES string of the molecule is O=C(O)c1cccc(NC(C(=O)O[C@H]2CN3CCC2CC3)c2ccsc2)c1. The monoisotopic (exact) mass is 386 g/mol. The summed E-state index contributed by atoms with van der Waals surface area (Å²) < 4.78 is 5.91. The number of aromatic carboxylic acids is 1. The highest BCUT2D eigenvalue weighted by Gasteiger charge is 2.38. The number of benzene rings is 1. The van der Waals surface area contributed by atoms with Crippen molar-refractivity contribution in [2.75, 3.05) is 25.0 Å². The Morgan fingerprint density at radius 3 is 2.70 bits per heavy atom. The third kappa shape index (κ3) is 3.99. The first-order valence-electron chi connectivity index (χ1n) is 9.15. The molecule has 3 saturated heterocycles. The average molecular weight is 386 g/mol. The van der Waals surface area contributed by atoms with Crippen LogP contribution in [0.5, 0.6) is 0 Å². The average Bonchev–Trinajstić information content (AvgIpc) is 3.21. The van der Waals surface area contributed by atoms with Crippen LogP contribution in [-0.4, -0.2) is 47.7 Å². The molecule has 3 aliphatic heterocycles. The Balaban J connectivity index is 1.52. The van der Waals surface area contributed by atoms with Crippen LogP contribution in [0.25, 0.3) is 0 Å². The van der Waals surface area contributed by atoms with Crippen molar-refractivity contribution in [3.8, 4) is 0 Å². The molecule has 1 unspecified atom stereocenters. The van der Waals surface area contributed by atoms with Crippen LogP contribution in [0.15, 0.2) is 41.1 Å². The lowest BCUT2D eigenvalue weighted by atomic mass is 9.86. The summed E-state index contributed by atoms with van der Waals surface area (Å²) in [6, 6.07) is 7.71. The number of fused-ring (bicyclic) bond motifs is 3. The molecule has 6 nitrogen and oxygen atoms in total. The second-order valence-electron chi connectivity index (χ2n) is 7.13. The minimum Gasteiger partial charge on any atom is -0.478 e. The number of hydrogen-bond acceptors (Lipinski definition) is 6. The minimum absolute atomic E-state index is 0.0618. The van der Waals surface area contributed by atoms with Gasteiger partial charge in [-0.25, -0.2) is 9.59 Å². The van der Waals surface area contributed by atoms with Crippen LogP contribution in [0, 0.1) is 5.92 Å². The number of ether oxygens (including phenoxy) is 1. The van der Waals surface area contributed by atoms with Gasteiger partial charge in [-0.15, -0.1) is 0 Å². The van der Waals surface area contributed by atoms with E-state index in [2.05, 4.69) is 10.2 Å². The lowest BCUT2D eigenvalue weighted by Crippen LogP contribution is -2.52. The second kappa shape index (κ2) is 7.70. The summed E-state index contributed by atoms with van der Waals surface area (Å²) in [5.41, 5.74) is 1.58. The third-order valence-corrected chi connectivity index (χ3v) is 6.10. The Bertz CT molecular complexity index is 815. The van der Waals surface area contributed by atoms with Crippen LogP contribution in [0.2, 0.25) is 0 Å². The van der Waals surface area contributed by atoms with Gasteiger partial charge in [0.05, 0.1) is 5.56 Å². The fourth-order valence-electron chi connectivity index (χ4n) is 3.89. The Hall–Kier alpha value is -2.38. The van der Waals surface area contributed by atoms with Crippen LogP contribution in [0.4, 0.5) is 5.69 Å². The molecule has 0 saturated carbocycles. The van der Waals surface area contributed by atoms with E-state index in [4.69, 9.17) is 4.74 Å². The van der Waals surface area contributed by atoms with Crippen molar-refractivity contribution in [1.29, 1.82) is 0 Å². The zero-order valence-electron chi connectivity index (χ0n) is 14.8. The second-order valence-corrected chi connectivity index (χ2v) is 7.91. The van der Waals surface area contributed by atoms with E-state index in [0.717, 1.165) is 38.0 Å². The van der Waals surface area contributed by atoms with E-state index < -0.39 is 12.0 Å². The van der Waals surface area contributed by atoms with E-state index in [1.165, 1.54) is 23.5 Å². The number of carboxylic acid groups (broad SMARTS) is 1. The van der Waals surface area contributed by atoms with Crippen molar-refractivity contribution in [3.63, 3.8) is 0 Å². The van der Waals surface area contributed by atoms with Gasteiger partial charge in [-0.1, -0.05) is 6.07 Å². The van der Waals surface area contributed by atoms with Gasteiger partial charge in [0.1, 0.15) is 6.10 Å².